The Morgan fingerprint density at radius 2 is 1.48 bits per heavy atom. The molecule has 4 aromatic rings. The van der Waals surface area contributed by atoms with Gasteiger partial charge in [0.2, 0.25) is 0 Å². The molecule has 0 aliphatic rings. The minimum Gasteiger partial charge on any atom is -0.380 e. The molecule has 0 saturated carbocycles. The molecule has 0 aliphatic carbocycles. The van der Waals surface area contributed by atoms with Crippen molar-refractivity contribution in [1.82, 2.24) is 14.8 Å². The van der Waals surface area contributed by atoms with Gasteiger partial charge >= 0.3 is 0 Å². The molecule has 0 atom stereocenters. The lowest BCUT2D eigenvalue weighted by molar-refractivity contribution is 0.184. The van der Waals surface area contributed by atoms with Crippen LogP contribution in [0.25, 0.3) is 28.2 Å². The zero-order valence-electron chi connectivity index (χ0n) is 17.1. The van der Waals surface area contributed by atoms with Crippen molar-refractivity contribution in [3.8, 4) is 28.2 Å². The van der Waals surface area contributed by atoms with E-state index < -0.39 is 0 Å². The molecule has 3 aromatic carbocycles. The van der Waals surface area contributed by atoms with Crippen molar-refractivity contribution in [2.24, 2.45) is 0 Å². The van der Waals surface area contributed by atoms with E-state index in [9.17, 15) is 0 Å². The second kappa shape index (κ2) is 8.41. The first-order valence-corrected chi connectivity index (χ1v) is 9.91. The lowest BCUT2D eigenvalue weighted by Crippen LogP contribution is -2.06. The lowest BCUT2D eigenvalue weighted by atomic mass is 10.0. The summed E-state index contributed by atoms with van der Waals surface area (Å²) in [6.45, 7) is 4.83. The summed E-state index contributed by atoms with van der Waals surface area (Å²) in [5, 5.41) is 9.00. The Kier molecular flexibility index (Phi) is 5.54. The molecular formula is C25H25N3O. The van der Waals surface area contributed by atoms with Crippen molar-refractivity contribution in [2.75, 3.05) is 7.11 Å². The summed E-state index contributed by atoms with van der Waals surface area (Å²) in [6.07, 6.45) is 0.809. The van der Waals surface area contributed by atoms with E-state index in [1.54, 1.807) is 7.11 Å². The van der Waals surface area contributed by atoms with Gasteiger partial charge in [0.25, 0.3) is 0 Å². The van der Waals surface area contributed by atoms with Crippen LogP contribution < -0.4 is 0 Å². The maximum atomic E-state index is 5.37. The molecule has 29 heavy (non-hydrogen) atoms. The van der Waals surface area contributed by atoms with Gasteiger partial charge in [0.1, 0.15) is 5.82 Å². The largest absolute Gasteiger partial charge is 0.380 e. The van der Waals surface area contributed by atoms with E-state index in [0.717, 1.165) is 29.3 Å². The fourth-order valence-corrected chi connectivity index (χ4v) is 3.65. The van der Waals surface area contributed by atoms with E-state index >= 15 is 0 Å². The molecule has 0 saturated heterocycles. The number of methoxy groups -OCH3 is 1. The quantitative estimate of drug-likeness (QED) is 0.434. The standard InChI is InChI=1S/C25H25N3O/c1-4-24-26-27-25(28(24)23-12-8-11-22(17-29-3)18(23)2)21-15-13-20(14-16-21)19-9-6-5-7-10-19/h5-16H,4,17H2,1-3H3. The molecule has 0 fully saturated rings. The topological polar surface area (TPSA) is 39.9 Å². The van der Waals surface area contributed by atoms with Gasteiger partial charge in [-0.2, -0.15) is 0 Å². The number of aryl methyl sites for hydroxylation is 1. The number of aromatic nitrogens is 3. The van der Waals surface area contributed by atoms with E-state index in [-0.39, 0.29) is 0 Å². The van der Waals surface area contributed by atoms with Gasteiger partial charge in [-0.3, -0.25) is 4.57 Å². The van der Waals surface area contributed by atoms with Crippen molar-refractivity contribution in [3.63, 3.8) is 0 Å². The maximum Gasteiger partial charge on any atom is 0.168 e. The Labute approximate surface area is 171 Å². The van der Waals surface area contributed by atoms with E-state index in [4.69, 9.17) is 4.74 Å². The number of benzene rings is 3. The summed E-state index contributed by atoms with van der Waals surface area (Å²) in [4.78, 5) is 0. The van der Waals surface area contributed by atoms with Gasteiger partial charge in [0.05, 0.1) is 12.3 Å². The molecule has 0 amide bonds. The Hall–Kier alpha value is -3.24. The van der Waals surface area contributed by atoms with Crippen molar-refractivity contribution in [2.45, 2.75) is 26.9 Å². The number of rotatable bonds is 6. The summed E-state index contributed by atoms with van der Waals surface area (Å²) < 4.78 is 7.54. The van der Waals surface area contributed by atoms with Crippen LogP contribution in [0.3, 0.4) is 0 Å². The summed E-state index contributed by atoms with van der Waals surface area (Å²) in [6, 6.07) is 25.2. The monoisotopic (exact) mass is 383 g/mol. The van der Waals surface area contributed by atoms with Gasteiger partial charge < -0.3 is 4.74 Å². The van der Waals surface area contributed by atoms with E-state index in [1.165, 1.54) is 22.3 Å². The smallest absolute Gasteiger partial charge is 0.168 e. The van der Waals surface area contributed by atoms with Gasteiger partial charge in [0.15, 0.2) is 5.82 Å². The Morgan fingerprint density at radius 1 is 0.793 bits per heavy atom. The fraction of sp³-hybridized carbons (Fsp3) is 0.200. The molecule has 0 unspecified atom stereocenters. The highest BCUT2D eigenvalue weighted by molar-refractivity contribution is 5.68. The molecule has 0 bridgehead atoms. The second-order valence-corrected chi connectivity index (χ2v) is 7.07. The molecule has 4 heteroatoms. The highest BCUT2D eigenvalue weighted by Crippen LogP contribution is 2.29. The number of ether oxygens (including phenoxy) is 1. The highest BCUT2D eigenvalue weighted by Gasteiger charge is 2.17. The van der Waals surface area contributed by atoms with Crippen LogP contribution in [-0.4, -0.2) is 21.9 Å². The molecular weight excluding hydrogens is 358 g/mol. The average Bonchev–Trinajstić information content (AvgIpc) is 3.20. The molecule has 0 radical (unpaired) electrons. The normalized spacial score (nSPS) is 11.0. The molecule has 4 rings (SSSR count). The Balaban J connectivity index is 1.79. The van der Waals surface area contributed by atoms with Gasteiger partial charge in [-0.15, -0.1) is 10.2 Å². The molecule has 4 nitrogen and oxygen atoms in total. The number of nitrogens with zero attached hydrogens (tertiary/aromatic N) is 3. The fourth-order valence-electron chi connectivity index (χ4n) is 3.65. The zero-order chi connectivity index (χ0) is 20.2. The highest BCUT2D eigenvalue weighted by atomic mass is 16.5. The van der Waals surface area contributed by atoms with E-state index in [2.05, 4.69) is 95.3 Å². The zero-order valence-corrected chi connectivity index (χ0v) is 17.1. The summed E-state index contributed by atoms with van der Waals surface area (Å²) >= 11 is 0. The van der Waals surface area contributed by atoms with Crippen molar-refractivity contribution < 1.29 is 4.74 Å². The van der Waals surface area contributed by atoms with Crippen molar-refractivity contribution >= 4 is 0 Å². The van der Waals surface area contributed by atoms with Gasteiger partial charge in [-0.1, -0.05) is 73.7 Å². The lowest BCUT2D eigenvalue weighted by Gasteiger charge is -2.15. The third kappa shape index (κ3) is 3.71. The maximum absolute atomic E-state index is 5.37. The number of hydrogen-bond donors (Lipinski definition) is 0. The van der Waals surface area contributed by atoms with Crippen LogP contribution in [0.2, 0.25) is 0 Å². The first-order valence-electron chi connectivity index (χ1n) is 9.91. The predicted octanol–water partition coefficient (Wildman–Crippen LogP) is 5.62. The molecule has 0 aliphatic heterocycles. The summed E-state index contributed by atoms with van der Waals surface area (Å²) in [7, 11) is 1.72. The molecule has 146 valence electrons. The molecule has 0 N–H and O–H groups in total. The Bertz CT molecular complexity index is 1100. The van der Waals surface area contributed by atoms with Crippen LogP contribution in [0.5, 0.6) is 0 Å². The van der Waals surface area contributed by atoms with Crippen molar-refractivity contribution in [3.05, 3.63) is 89.7 Å². The SMILES string of the molecule is CCc1nnc(-c2ccc(-c3ccccc3)cc2)n1-c1cccc(COC)c1C. The van der Waals surface area contributed by atoms with Crippen LogP contribution in [0.15, 0.2) is 72.8 Å². The van der Waals surface area contributed by atoms with Gasteiger partial charge in [-0.25, -0.2) is 0 Å². The van der Waals surface area contributed by atoms with Crippen LogP contribution in [0.1, 0.15) is 23.9 Å². The Morgan fingerprint density at radius 3 is 2.17 bits per heavy atom. The first-order chi connectivity index (χ1) is 14.2. The molecule has 0 spiro atoms. The minimum absolute atomic E-state index is 0.588. The van der Waals surface area contributed by atoms with E-state index in [1.807, 2.05) is 6.07 Å². The van der Waals surface area contributed by atoms with Crippen LogP contribution in [0.4, 0.5) is 0 Å². The molecule has 1 aromatic heterocycles. The average molecular weight is 383 g/mol. The third-order valence-corrected chi connectivity index (χ3v) is 5.25. The van der Waals surface area contributed by atoms with Crippen molar-refractivity contribution in [1.29, 1.82) is 0 Å². The van der Waals surface area contributed by atoms with Gasteiger partial charge in [0, 0.05) is 19.1 Å². The minimum atomic E-state index is 0.588. The second-order valence-electron chi connectivity index (χ2n) is 7.07. The third-order valence-electron chi connectivity index (χ3n) is 5.25. The summed E-state index contributed by atoms with van der Waals surface area (Å²) in [5.74, 6) is 1.81. The predicted molar refractivity (Wildman–Crippen MR) is 117 cm³/mol. The van der Waals surface area contributed by atoms with Crippen LogP contribution >= 0.6 is 0 Å². The van der Waals surface area contributed by atoms with Gasteiger partial charge in [-0.05, 0) is 35.2 Å². The summed E-state index contributed by atoms with van der Waals surface area (Å²) in [5.41, 5.74) is 6.90. The first kappa shape index (κ1) is 19.1. The number of hydrogen-bond acceptors (Lipinski definition) is 3. The van der Waals surface area contributed by atoms with E-state index in [0.29, 0.717) is 6.61 Å². The van der Waals surface area contributed by atoms with Crippen LogP contribution in [0, 0.1) is 6.92 Å². The van der Waals surface area contributed by atoms with Crippen LogP contribution in [-0.2, 0) is 17.8 Å². The molecule has 1 heterocycles.